The second-order valence-corrected chi connectivity index (χ2v) is 4.57. The highest BCUT2D eigenvalue weighted by atomic mass is 16.5. The minimum absolute atomic E-state index is 0.00627. The van der Waals surface area contributed by atoms with Crippen LogP contribution in [0.4, 0.5) is 0 Å². The molecule has 0 atom stereocenters. The summed E-state index contributed by atoms with van der Waals surface area (Å²) < 4.78 is 9.81. The van der Waals surface area contributed by atoms with E-state index in [4.69, 9.17) is 9.15 Å². The maximum absolute atomic E-state index is 12.4. The molecule has 0 radical (unpaired) electrons. The number of hydrogen-bond donors (Lipinski definition) is 3. The van der Waals surface area contributed by atoms with E-state index in [1.165, 1.54) is 6.92 Å². The lowest BCUT2D eigenvalue weighted by Gasteiger charge is -2.19. The van der Waals surface area contributed by atoms with Crippen molar-refractivity contribution in [3.05, 3.63) is 34.3 Å². The van der Waals surface area contributed by atoms with Gasteiger partial charge in [0.15, 0.2) is 11.5 Å². The minimum Gasteiger partial charge on any atom is -0.504 e. The Morgan fingerprint density at radius 1 is 0.952 bits per heavy atom. The Balaban J connectivity index is 2.44. The van der Waals surface area contributed by atoms with E-state index in [0.717, 1.165) is 13.4 Å². The molecule has 0 spiro atoms. The van der Waals surface area contributed by atoms with Crippen LogP contribution in [0.2, 0.25) is 0 Å². The van der Waals surface area contributed by atoms with Crippen molar-refractivity contribution < 1.29 is 34.1 Å². The van der Waals surface area contributed by atoms with Gasteiger partial charge in [-0.25, -0.2) is 0 Å². The van der Waals surface area contributed by atoms with Gasteiger partial charge in [0.2, 0.25) is 23.1 Å². The van der Waals surface area contributed by atoms with E-state index >= 15 is 0 Å². The van der Waals surface area contributed by atoms with E-state index in [9.17, 15) is 24.9 Å². The van der Waals surface area contributed by atoms with Gasteiger partial charge >= 0.3 is 0 Å². The lowest BCUT2D eigenvalue weighted by atomic mass is 9.84. The number of ether oxygens (including phenoxy) is 1. The fourth-order valence-electron chi connectivity index (χ4n) is 2.49. The third kappa shape index (κ3) is 1.42. The van der Waals surface area contributed by atoms with E-state index < -0.39 is 45.7 Å². The number of phenolic OH excluding ortho intramolecular Hbond substituents is 3. The first kappa shape index (κ1) is 13.0. The Kier molecular flexibility index (Phi) is 2.49. The van der Waals surface area contributed by atoms with Gasteiger partial charge in [0.05, 0.1) is 29.4 Å². The summed E-state index contributed by atoms with van der Waals surface area (Å²) in [5.74, 6) is -3.99. The number of furan rings is 1. The lowest BCUT2D eigenvalue weighted by Crippen LogP contribution is -2.20. The molecule has 0 saturated heterocycles. The third-order valence-corrected chi connectivity index (χ3v) is 3.48. The largest absolute Gasteiger partial charge is 0.504 e. The van der Waals surface area contributed by atoms with E-state index in [0.29, 0.717) is 0 Å². The molecule has 0 amide bonds. The zero-order valence-electron chi connectivity index (χ0n) is 11.1. The van der Waals surface area contributed by atoms with Gasteiger partial charge in [0.25, 0.3) is 0 Å². The molecule has 1 aliphatic carbocycles. The number of rotatable bonds is 1. The Morgan fingerprint density at radius 2 is 1.57 bits per heavy atom. The smallest absolute Gasteiger partial charge is 0.207 e. The van der Waals surface area contributed by atoms with Crippen LogP contribution in [-0.4, -0.2) is 34.0 Å². The van der Waals surface area contributed by atoms with E-state index in [-0.39, 0.29) is 16.9 Å². The lowest BCUT2D eigenvalue weighted by molar-refractivity contribution is 0.0973. The number of hydrogen-bond acceptors (Lipinski definition) is 7. The fraction of sp³-hybridized carbons (Fsp3) is 0.143. The predicted molar refractivity (Wildman–Crippen MR) is 68.3 cm³/mol. The number of phenols is 3. The van der Waals surface area contributed by atoms with Crippen molar-refractivity contribution in [1.29, 1.82) is 0 Å². The molecule has 0 unspecified atom stereocenters. The average molecular weight is 290 g/mol. The second kappa shape index (κ2) is 4.02. The highest BCUT2D eigenvalue weighted by molar-refractivity contribution is 6.31. The van der Waals surface area contributed by atoms with E-state index in [2.05, 4.69) is 0 Å². The van der Waals surface area contributed by atoms with Crippen molar-refractivity contribution in [3.63, 3.8) is 0 Å². The number of fused-ring (bicyclic) bond motifs is 2. The summed E-state index contributed by atoms with van der Waals surface area (Å²) in [6, 6.07) is 0. The summed E-state index contributed by atoms with van der Waals surface area (Å²) in [7, 11) is 1.14. The quantitative estimate of drug-likeness (QED) is 0.459. The maximum Gasteiger partial charge on any atom is 0.207 e. The predicted octanol–water partition coefficient (Wildman–Crippen LogP) is 1.49. The van der Waals surface area contributed by atoms with Crippen molar-refractivity contribution in [2.75, 3.05) is 7.11 Å². The molecule has 0 fully saturated rings. The molecular weight excluding hydrogens is 280 g/mol. The van der Waals surface area contributed by atoms with Gasteiger partial charge in [-0.1, -0.05) is 0 Å². The molecule has 0 bridgehead atoms. The number of carbonyl (C=O) groups is 2. The van der Waals surface area contributed by atoms with Crippen LogP contribution in [0.5, 0.6) is 23.0 Å². The van der Waals surface area contributed by atoms with Crippen molar-refractivity contribution >= 4 is 11.6 Å². The van der Waals surface area contributed by atoms with Gasteiger partial charge in [-0.2, -0.15) is 0 Å². The molecule has 3 rings (SSSR count). The number of aryl methyl sites for hydroxylation is 1. The van der Waals surface area contributed by atoms with Crippen LogP contribution in [0, 0.1) is 6.92 Å². The Labute approximate surface area is 118 Å². The Morgan fingerprint density at radius 3 is 2.19 bits per heavy atom. The third-order valence-electron chi connectivity index (χ3n) is 3.48. The van der Waals surface area contributed by atoms with Crippen LogP contribution < -0.4 is 4.74 Å². The van der Waals surface area contributed by atoms with Gasteiger partial charge in [-0.3, -0.25) is 9.59 Å². The summed E-state index contributed by atoms with van der Waals surface area (Å²) >= 11 is 0. The Hall–Kier alpha value is -2.96. The van der Waals surface area contributed by atoms with Crippen LogP contribution in [0.15, 0.2) is 10.7 Å². The van der Waals surface area contributed by atoms with Crippen LogP contribution in [-0.2, 0) is 0 Å². The molecule has 1 heterocycles. The number of benzene rings is 1. The summed E-state index contributed by atoms with van der Waals surface area (Å²) in [5, 5.41) is 29.8. The number of methoxy groups -OCH3 is 1. The van der Waals surface area contributed by atoms with Crippen molar-refractivity contribution in [3.8, 4) is 23.0 Å². The molecule has 0 aliphatic heterocycles. The van der Waals surface area contributed by atoms with E-state index in [1.807, 2.05) is 0 Å². The minimum atomic E-state index is -0.816. The molecule has 1 aromatic heterocycles. The normalized spacial score (nSPS) is 13.0. The zero-order chi connectivity index (χ0) is 15.5. The first-order valence-corrected chi connectivity index (χ1v) is 5.92. The molecular formula is C14H10O7. The monoisotopic (exact) mass is 290 g/mol. The first-order valence-electron chi connectivity index (χ1n) is 5.92. The van der Waals surface area contributed by atoms with Gasteiger partial charge < -0.3 is 24.5 Å². The Bertz CT molecular complexity index is 813. The first-order chi connectivity index (χ1) is 9.90. The van der Waals surface area contributed by atoms with Gasteiger partial charge in [-0.15, -0.1) is 0 Å². The van der Waals surface area contributed by atoms with Crippen molar-refractivity contribution in [1.82, 2.24) is 0 Å². The van der Waals surface area contributed by atoms with Crippen molar-refractivity contribution in [2.24, 2.45) is 0 Å². The standard InChI is InChI=1S/C14H10O7/c1-4-6-5(3-21-4)9(15)7-8(10(6)16)11(17)13(19)14(20-2)12(7)18/h3,17-19H,1-2H3. The maximum atomic E-state index is 12.4. The molecule has 108 valence electrons. The number of ketones is 2. The molecule has 7 nitrogen and oxygen atoms in total. The molecule has 7 heteroatoms. The molecule has 0 saturated carbocycles. The summed E-state index contributed by atoms with van der Waals surface area (Å²) in [4.78, 5) is 24.8. The summed E-state index contributed by atoms with van der Waals surface area (Å²) in [6.07, 6.45) is 1.11. The molecule has 21 heavy (non-hydrogen) atoms. The molecule has 1 aliphatic rings. The van der Waals surface area contributed by atoms with Crippen LogP contribution in [0.1, 0.15) is 37.6 Å². The van der Waals surface area contributed by atoms with Crippen LogP contribution in [0.3, 0.4) is 0 Å². The molecule has 1 aromatic carbocycles. The van der Waals surface area contributed by atoms with Gasteiger partial charge in [-0.05, 0) is 6.92 Å². The van der Waals surface area contributed by atoms with E-state index in [1.54, 1.807) is 0 Å². The summed E-state index contributed by atoms with van der Waals surface area (Å²) in [6.45, 7) is 1.50. The SMILES string of the molecule is COc1c(O)c(O)c2c(c1O)C(=O)c1coc(C)c1C2=O. The fourth-order valence-corrected chi connectivity index (χ4v) is 2.49. The van der Waals surface area contributed by atoms with Gasteiger partial charge in [0, 0.05) is 0 Å². The second-order valence-electron chi connectivity index (χ2n) is 4.57. The van der Waals surface area contributed by atoms with Crippen molar-refractivity contribution in [2.45, 2.75) is 6.92 Å². The zero-order valence-corrected chi connectivity index (χ0v) is 11.1. The molecule has 2 aromatic rings. The van der Waals surface area contributed by atoms with Gasteiger partial charge in [0.1, 0.15) is 12.0 Å². The average Bonchev–Trinajstić information content (AvgIpc) is 2.83. The van der Waals surface area contributed by atoms with Crippen LogP contribution in [0.25, 0.3) is 0 Å². The van der Waals surface area contributed by atoms with Crippen LogP contribution >= 0.6 is 0 Å². The molecule has 3 N–H and O–H groups in total. The number of carbonyl (C=O) groups excluding carboxylic acids is 2. The highest BCUT2D eigenvalue weighted by Gasteiger charge is 2.40. The topological polar surface area (TPSA) is 117 Å². The number of aromatic hydroxyl groups is 3. The summed E-state index contributed by atoms with van der Waals surface area (Å²) in [5.41, 5.74) is -0.882. The highest BCUT2D eigenvalue weighted by Crippen LogP contribution is 2.51.